The molecule has 0 saturated heterocycles. The molecule has 0 aliphatic carbocycles. The van der Waals surface area contributed by atoms with Crippen LogP contribution in [0.25, 0.3) is 0 Å². The van der Waals surface area contributed by atoms with Gasteiger partial charge in [0.25, 0.3) is 0 Å². The fourth-order valence-electron chi connectivity index (χ4n) is 1.90. The fraction of sp³-hybridized carbons (Fsp3) is 0.214. The first-order valence-corrected chi connectivity index (χ1v) is 7.05. The summed E-state index contributed by atoms with van der Waals surface area (Å²) in [4.78, 5) is 4.33. The van der Waals surface area contributed by atoms with E-state index in [4.69, 9.17) is 34.8 Å². The Bertz CT molecular complexity index is 572. The van der Waals surface area contributed by atoms with Gasteiger partial charge in [-0.2, -0.15) is 0 Å². The Hall–Kier alpha value is -0.800. The van der Waals surface area contributed by atoms with Crippen LogP contribution in [0.5, 0.6) is 0 Å². The lowest BCUT2D eigenvalue weighted by Gasteiger charge is -2.20. The molecule has 1 N–H and O–H groups in total. The van der Waals surface area contributed by atoms with E-state index in [-0.39, 0.29) is 6.04 Å². The van der Waals surface area contributed by atoms with Gasteiger partial charge in [-0.25, -0.2) is 0 Å². The van der Waals surface area contributed by atoms with Crippen LogP contribution in [0.1, 0.15) is 24.2 Å². The highest BCUT2D eigenvalue weighted by Gasteiger charge is 2.20. The molecule has 2 rings (SSSR count). The molecule has 1 unspecified atom stereocenters. The summed E-state index contributed by atoms with van der Waals surface area (Å²) in [6.07, 6.45) is 1.59. The predicted octanol–water partition coefficient (Wildman–Crippen LogP) is 4.74. The Kier molecular flexibility index (Phi) is 5.06. The lowest BCUT2D eigenvalue weighted by molar-refractivity contribution is 0.616. The molecule has 1 heterocycles. The summed E-state index contributed by atoms with van der Waals surface area (Å²) in [7, 11) is 0. The number of nitrogens with zero attached hydrogens (tertiary/aromatic N) is 1. The number of aromatic nitrogens is 1. The van der Waals surface area contributed by atoms with Gasteiger partial charge in [0.2, 0.25) is 0 Å². The molecule has 1 atom stereocenters. The van der Waals surface area contributed by atoms with Gasteiger partial charge in [-0.15, -0.1) is 0 Å². The molecule has 19 heavy (non-hydrogen) atoms. The Morgan fingerprint density at radius 1 is 1.16 bits per heavy atom. The molecule has 0 amide bonds. The van der Waals surface area contributed by atoms with Gasteiger partial charge >= 0.3 is 0 Å². The van der Waals surface area contributed by atoms with Crippen molar-refractivity contribution in [3.05, 3.63) is 62.9 Å². The fourth-order valence-corrected chi connectivity index (χ4v) is 2.64. The molecule has 0 fully saturated rings. The van der Waals surface area contributed by atoms with Crippen molar-refractivity contribution in [2.75, 3.05) is 6.54 Å². The SMILES string of the molecule is CCNC(c1ccccc1Cl)c1ncc(Cl)cc1Cl. The Morgan fingerprint density at radius 2 is 1.89 bits per heavy atom. The third-order valence-corrected chi connectivity index (χ3v) is 3.59. The summed E-state index contributed by atoms with van der Waals surface area (Å²) in [6, 6.07) is 9.18. The third kappa shape index (κ3) is 3.40. The zero-order valence-corrected chi connectivity index (χ0v) is 12.6. The standard InChI is InChI=1S/C14H13Cl3N2/c1-2-18-13(10-5-3-4-6-11(10)16)14-12(17)7-9(15)8-19-14/h3-8,13,18H,2H2,1H3. The smallest absolute Gasteiger partial charge is 0.0806 e. The molecule has 1 aromatic carbocycles. The zero-order valence-electron chi connectivity index (χ0n) is 10.3. The number of hydrogen-bond acceptors (Lipinski definition) is 2. The maximum absolute atomic E-state index is 6.25. The first-order chi connectivity index (χ1) is 9.13. The van der Waals surface area contributed by atoms with E-state index in [0.717, 1.165) is 17.8 Å². The van der Waals surface area contributed by atoms with Crippen LogP contribution in [0.4, 0.5) is 0 Å². The number of hydrogen-bond donors (Lipinski definition) is 1. The molecule has 5 heteroatoms. The van der Waals surface area contributed by atoms with Crippen molar-refractivity contribution in [3.8, 4) is 0 Å². The number of rotatable bonds is 4. The molecule has 2 nitrogen and oxygen atoms in total. The van der Waals surface area contributed by atoms with Crippen molar-refractivity contribution >= 4 is 34.8 Å². The first kappa shape index (κ1) is 14.6. The number of nitrogens with one attached hydrogen (secondary N) is 1. The van der Waals surface area contributed by atoms with Gasteiger partial charge in [-0.1, -0.05) is 59.9 Å². The first-order valence-electron chi connectivity index (χ1n) is 5.92. The van der Waals surface area contributed by atoms with Gasteiger partial charge in [0.05, 0.1) is 21.8 Å². The highest BCUT2D eigenvalue weighted by molar-refractivity contribution is 6.35. The normalized spacial score (nSPS) is 12.4. The molecule has 1 aromatic heterocycles. The van der Waals surface area contributed by atoms with Crippen LogP contribution in [0.2, 0.25) is 15.1 Å². The van der Waals surface area contributed by atoms with E-state index in [9.17, 15) is 0 Å². The van der Waals surface area contributed by atoms with Gasteiger partial charge in [-0.05, 0) is 24.2 Å². The molecular formula is C14H13Cl3N2. The number of benzene rings is 1. The highest BCUT2D eigenvalue weighted by atomic mass is 35.5. The maximum Gasteiger partial charge on any atom is 0.0806 e. The maximum atomic E-state index is 6.25. The Balaban J connectivity index is 2.48. The van der Waals surface area contributed by atoms with E-state index in [1.54, 1.807) is 12.3 Å². The summed E-state index contributed by atoms with van der Waals surface area (Å²) in [5.41, 5.74) is 1.67. The molecule has 2 aromatic rings. The number of pyridine rings is 1. The summed E-state index contributed by atoms with van der Waals surface area (Å²) in [6.45, 7) is 2.80. The molecule has 0 aliphatic heterocycles. The van der Waals surface area contributed by atoms with Gasteiger partial charge < -0.3 is 5.32 Å². The van der Waals surface area contributed by atoms with Crippen LogP contribution in [-0.4, -0.2) is 11.5 Å². The molecule has 0 saturated carbocycles. The third-order valence-electron chi connectivity index (χ3n) is 2.73. The molecule has 100 valence electrons. The van der Waals surface area contributed by atoms with Crippen LogP contribution >= 0.6 is 34.8 Å². The monoisotopic (exact) mass is 314 g/mol. The largest absolute Gasteiger partial charge is 0.305 e. The average Bonchev–Trinajstić information content (AvgIpc) is 2.38. The van der Waals surface area contributed by atoms with Gasteiger partial charge in [0, 0.05) is 11.2 Å². The average molecular weight is 316 g/mol. The van der Waals surface area contributed by atoms with Gasteiger partial charge in [0.1, 0.15) is 0 Å². The van der Waals surface area contributed by atoms with Gasteiger partial charge in [-0.3, -0.25) is 4.98 Å². The van der Waals surface area contributed by atoms with Gasteiger partial charge in [0.15, 0.2) is 0 Å². The molecule has 0 aliphatic rings. The van der Waals surface area contributed by atoms with E-state index in [1.165, 1.54) is 0 Å². The molecule has 0 radical (unpaired) electrons. The summed E-state index contributed by atoms with van der Waals surface area (Å²) in [5, 5.41) is 5.07. The second kappa shape index (κ2) is 6.58. The van der Waals surface area contributed by atoms with E-state index in [2.05, 4.69) is 10.3 Å². The Labute approximate surface area is 127 Å². The molecule has 0 spiro atoms. The van der Waals surface area contributed by atoms with E-state index in [0.29, 0.717) is 15.1 Å². The molecular weight excluding hydrogens is 303 g/mol. The number of halogens is 3. The van der Waals surface area contributed by atoms with Crippen LogP contribution in [0, 0.1) is 0 Å². The minimum Gasteiger partial charge on any atom is -0.305 e. The lowest BCUT2D eigenvalue weighted by atomic mass is 10.0. The molecule has 0 bridgehead atoms. The summed E-state index contributed by atoms with van der Waals surface area (Å²) >= 11 is 18.4. The van der Waals surface area contributed by atoms with Crippen molar-refractivity contribution in [1.82, 2.24) is 10.3 Å². The zero-order chi connectivity index (χ0) is 13.8. The second-order valence-corrected chi connectivity index (χ2v) is 5.28. The quantitative estimate of drug-likeness (QED) is 0.881. The highest BCUT2D eigenvalue weighted by Crippen LogP contribution is 2.31. The van der Waals surface area contributed by atoms with Crippen molar-refractivity contribution in [3.63, 3.8) is 0 Å². The lowest BCUT2D eigenvalue weighted by Crippen LogP contribution is -2.23. The minimum atomic E-state index is -0.150. The Morgan fingerprint density at radius 3 is 2.53 bits per heavy atom. The minimum absolute atomic E-state index is 0.150. The van der Waals surface area contributed by atoms with Crippen molar-refractivity contribution in [1.29, 1.82) is 0 Å². The van der Waals surface area contributed by atoms with Crippen LogP contribution in [0.15, 0.2) is 36.5 Å². The van der Waals surface area contributed by atoms with Crippen molar-refractivity contribution in [2.45, 2.75) is 13.0 Å². The van der Waals surface area contributed by atoms with Crippen molar-refractivity contribution < 1.29 is 0 Å². The van der Waals surface area contributed by atoms with Crippen LogP contribution in [-0.2, 0) is 0 Å². The van der Waals surface area contributed by atoms with Crippen molar-refractivity contribution in [2.24, 2.45) is 0 Å². The van der Waals surface area contributed by atoms with Crippen LogP contribution < -0.4 is 5.32 Å². The summed E-state index contributed by atoms with van der Waals surface area (Å²) < 4.78 is 0. The van der Waals surface area contributed by atoms with E-state index in [1.807, 2.05) is 31.2 Å². The topological polar surface area (TPSA) is 24.9 Å². The second-order valence-electron chi connectivity index (χ2n) is 4.03. The summed E-state index contributed by atoms with van der Waals surface area (Å²) in [5.74, 6) is 0. The van der Waals surface area contributed by atoms with Crippen LogP contribution in [0.3, 0.4) is 0 Å². The van der Waals surface area contributed by atoms with E-state index < -0.39 is 0 Å². The van der Waals surface area contributed by atoms with E-state index >= 15 is 0 Å². The predicted molar refractivity (Wildman–Crippen MR) is 81.2 cm³/mol.